The lowest BCUT2D eigenvalue weighted by Crippen LogP contribution is -2.12. The summed E-state index contributed by atoms with van der Waals surface area (Å²) in [4.78, 5) is 0. The lowest BCUT2D eigenvalue weighted by atomic mass is 9.95. The molecule has 3 aromatic carbocycles. The van der Waals surface area contributed by atoms with E-state index in [-0.39, 0.29) is 6.04 Å². The van der Waals surface area contributed by atoms with E-state index in [1.54, 1.807) is 6.20 Å². The Kier molecular flexibility index (Phi) is 5.99. The fourth-order valence-electron chi connectivity index (χ4n) is 5.26. The van der Waals surface area contributed by atoms with Gasteiger partial charge in [0.2, 0.25) is 0 Å². The van der Waals surface area contributed by atoms with Crippen LogP contribution in [-0.2, 0) is 6.18 Å². The van der Waals surface area contributed by atoms with E-state index < -0.39 is 11.7 Å². The minimum Gasteiger partial charge on any atom is -0.490 e. The van der Waals surface area contributed by atoms with Crippen LogP contribution in [0.15, 0.2) is 79.0 Å². The van der Waals surface area contributed by atoms with Gasteiger partial charge >= 0.3 is 6.18 Å². The van der Waals surface area contributed by atoms with Crippen molar-refractivity contribution in [3.63, 3.8) is 0 Å². The second-order valence-corrected chi connectivity index (χ2v) is 9.59. The molecule has 2 aliphatic rings. The maximum atomic E-state index is 13.1. The van der Waals surface area contributed by atoms with Gasteiger partial charge in [0.1, 0.15) is 5.75 Å². The number of nitrogens with one attached hydrogen (secondary N) is 2. The number of anilines is 1. The molecule has 6 rings (SSSR count). The highest BCUT2D eigenvalue weighted by molar-refractivity contribution is 5.96. The summed E-state index contributed by atoms with van der Waals surface area (Å²) in [5, 5.41) is 10.9. The van der Waals surface area contributed by atoms with Crippen LogP contribution in [0.25, 0.3) is 22.9 Å². The molecule has 1 unspecified atom stereocenters. The Morgan fingerprint density at radius 2 is 1.62 bits per heavy atom. The minimum atomic E-state index is -4.38. The summed E-state index contributed by atoms with van der Waals surface area (Å²) in [5.41, 5.74) is 5.66. The first-order chi connectivity index (χ1) is 18.0. The van der Waals surface area contributed by atoms with E-state index in [0.29, 0.717) is 17.4 Å². The zero-order valence-electron chi connectivity index (χ0n) is 20.1. The smallest absolute Gasteiger partial charge is 0.416 e. The molecule has 0 spiro atoms. The van der Waals surface area contributed by atoms with Crippen molar-refractivity contribution in [1.82, 2.24) is 10.2 Å². The summed E-state index contributed by atoms with van der Waals surface area (Å²) < 4.78 is 45.3. The van der Waals surface area contributed by atoms with Crippen molar-refractivity contribution in [2.24, 2.45) is 0 Å². The molecule has 1 heterocycles. The number of halogens is 3. The first-order valence-electron chi connectivity index (χ1n) is 12.5. The van der Waals surface area contributed by atoms with Crippen LogP contribution < -0.4 is 10.1 Å². The van der Waals surface area contributed by atoms with Crippen molar-refractivity contribution in [3.8, 4) is 17.0 Å². The number of benzene rings is 3. The van der Waals surface area contributed by atoms with Crippen molar-refractivity contribution in [3.05, 3.63) is 101 Å². The molecule has 188 valence electrons. The molecule has 1 fully saturated rings. The molecule has 0 saturated heterocycles. The lowest BCUT2D eigenvalue weighted by Gasteiger charge is -2.21. The van der Waals surface area contributed by atoms with Crippen LogP contribution in [0.1, 0.15) is 54.0 Å². The van der Waals surface area contributed by atoms with Gasteiger partial charge in [-0.25, -0.2) is 0 Å². The van der Waals surface area contributed by atoms with E-state index in [2.05, 4.69) is 33.7 Å². The van der Waals surface area contributed by atoms with Crippen molar-refractivity contribution in [1.29, 1.82) is 0 Å². The molecule has 2 aliphatic carbocycles. The second-order valence-electron chi connectivity index (χ2n) is 9.59. The molecule has 37 heavy (non-hydrogen) atoms. The standard InChI is InChI=1S/C30H26F3N3O/c31-30(32,33)21-11-9-19(10-12-21)28-27(18-34-36-28)26-17-20-5-1-4-8-25(20)29(26)35-22-13-15-24(16-14-22)37-23-6-2-3-7-23/h1,4-5,8-18,23,29,35H,2-3,6-7H2,(H,34,36). The normalized spacial score (nSPS) is 17.5. The molecule has 1 saturated carbocycles. The Morgan fingerprint density at radius 3 is 2.35 bits per heavy atom. The Morgan fingerprint density at radius 1 is 0.892 bits per heavy atom. The van der Waals surface area contributed by atoms with Gasteiger partial charge in [0.05, 0.1) is 29.6 Å². The molecular formula is C30H26F3N3O. The molecule has 0 bridgehead atoms. The Balaban J connectivity index is 1.29. The van der Waals surface area contributed by atoms with E-state index in [9.17, 15) is 13.2 Å². The number of nitrogens with zero attached hydrogens (tertiary/aromatic N) is 1. The number of hydrogen-bond acceptors (Lipinski definition) is 3. The van der Waals surface area contributed by atoms with E-state index in [0.717, 1.165) is 58.7 Å². The van der Waals surface area contributed by atoms with Crippen molar-refractivity contribution in [2.75, 3.05) is 5.32 Å². The number of hydrogen-bond donors (Lipinski definition) is 2. The zero-order valence-corrected chi connectivity index (χ0v) is 20.1. The van der Waals surface area contributed by atoms with Gasteiger partial charge < -0.3 is 10.1 Å². The fourth-order valence-corrected chi connectivity index (χ4v) is 5.26. The largest absolute Gasteiger partial charge is 0.490 e. The first kappa shape index (κ1) is 23.4. The number of aromatic amines is 1. The second kappa shape index (κ2) is 9.47. The van der Waals surface area contributed by atoms with Gasteiger partial charge in [0.15, 0.2) is 0 Å². The number of rotatable bonds is 6. The molecule has 0 aliphatic heterocycles. The summed E-state index contributed by atoms with van der Waals surface area (Å²) in [6, 6.07) is 21.2. The summed E-state index contributed by atoms with van der Waals surface area (Å²) in [6.45, 7) is 0. The van der Waals surface area contributed by atoms with E-state index in [1.165, 1.54) is 25.0 Å². The average molecular weight is 502 g/mol. The van der Waals surface area contributed by atoms with Crippen LogP contribution in [0.3, 0.4) is 0 Å². The molecule has 1 atom stereocenters. The lowest BCUT2D eigenvalue weighted by molar-refractivity contribution is -0.137. The van der Waals surface area contributed by atoms with Gasteiger partial charge in [0, 0.05) is 16.8 Å². The van der Waals surface area contributed by atoms with Crippen LogP contribution in [-0.4, -0.2) is 16.3 Å². The summed E-state index contributed by atoms with van der Waals surface area (Å²) >= 11 is 0. The third-order valence-corrected chi connectivity index (χ3v) is 7.15. The number of fused-ring (bicyclic) bond motifs is 1. The maximum Gasteiger partial charge on any atom is 0.416 e. The summed E-state index contributed by atoms with van der Waals surface area (Å²) in [6.07, 6.45) is 4.45. The van der Waals surface area contributed by atoms with Crippen LogP contribution in [0.4, 0.5) is 18.9 Å². The van der Waals surface area contributed by atoms with Crippen molar-refractivity contribution in [2.45, 2.75) is 44.0 Å². The van der Waals surface area contributed by atoms with Crippen molar-refractivity contribution < 1.29 is 17.9 Å². The van der Waals surface area contributed by atoms with Crippen LogP contribution >= 0.6 is 0 Å². The molecule has 7 heteroatoms. The predicted molar refractivity (Wildman–Crippen MR) is 139 cm³/mol. The average Bonchev–Trinajstić information content (AvgIpc) is 3.65. The van der Waals surface area contributed by atoms with E-state index in [4.69, 9.17) is 4.74 Å². The first-order valence-corrected chi connectivity index (χ1v) is 12.5. The Bertz CT molecular complexity index is 1420. The number of aromatic nitrogens is 2. The molecule has 2 N–H and O–H groups in total. The van der Waals surface area contributed by atoms with E-state index in [1.807, 2.05) is 36.4 Å². The Hall–Kier alpha value is -4.00. The highest BCUT2D eigenvalue weighted by atomic mass is 19.4. The summed E-state index contributed by atoms with van der Waals surface area (Å²) in [5.74, 6) is 0.875. The van der Waals surface area contributed by atoms with Crippen LogP contribution in [0, 0.1) is 0 Å². The number of alkyl halides is 3. The Labute approximate surface area is 213 Å². The number of H-pyrrole nitrogens is 1. The van der Waals surface area contributed by atoms with E-state index >= 15 is 0 Å². The molecule has 4 aromatic rings. The molecular weight excluding hydrogens is 475 g/mol. The van der Waals surface area contributed by atoms with Gasteiger partial charge in [0.25, 0.3) is 0 Å². The van der Waals surface area contributed by atoms with Gasteiger partial charge in [-0.05, 0) is 84.9 Å². The van der Waals surface area contributed by atoms with Crippen LogP contribution in [0.2, 0.25) is 0 Å². The minimum absolute atomic E-state index is 0.149. The van der Waals surface area contributed by atoms with Gasteiger partial charge in [-0.15, -0.1) is 0 Å². The topological polar surface area (TPSA) is 49.9 Å². The third-order valence-electron chi connectivity index (χ3n) is 7.15. The molecule has 0 amide bonds. The monoisotopic (exact) mass is 501 g/mol. The zero-order chi connectivity index (χ0) is 25.4. The molecule has 4 nitrogen and oxygen atoms in total. The third kappa shape index (κ3) is 4.73. The fraction of sp³-hybridized carbons (Fsp3) is 0.233. The molecule has 1 aromatic heterocycles. The maximum absolute atomic E-state index is 13.1. The quantitative estimate of drug-likeness (QED) is 0.280. The molecule has 0 radical (unpaired) electrons. The number of ether oxygens (including phenoxy) is 1. The highest BCUT2D eigenvalue weighted by Crippen LogP contribution is 2.45. The van der Waals surface area contributed by atoms with Crippen molar-refractivity contribution >= 4 is 17.3 Å². The predicted octanol–water partition coefficient (Wildman–Crippen LogP) is 8.12. The van der Waals surface area contributed by atoms with Crippen LogP contribution in [0.5, 0.6) is 5.75 Å². The summed E-state index contributed by atoms with van der Waals surface area (Å²) in [7, 11) is 0. The van der Waals surface area contributed by atoms with Gasteiger partial charge in [-0.2, -0.15) is 18.3 Å². The SMILES string of the molecule is FC(F)(F)c1ccc(-c2[nH]ncc2C2=Cc3ccccc3C2Nc2ccc(OC3CCCC3)cc2)cc1. The van der Waals surface area contributed by atoms with Gasteiger partial charge in [-0.3, -0.25) is 5.10 Å². The van der Waals surface area contributed by atoms with Gasteiger partial charge in [-0.1, -0.05) is 36.4 Å². The highest BCUT2D eigenvalue weighted by Gasteiger charge is 2.31.